The maximum Gasteiger partial charge on any atom is 0.163 e. The van der Waals surface area contributed by atoms with Gasteiger partial charge in [0.2, 0.25) is 0 Å². The highest BCUT2D eigenvalue weighted by Gasteiger charge is 2.37. The van der Waals surface area contributed by atoms with Crippen LogP contribution in [0.1, 0.15) is 25.7 Å². The van der Waals surface area contributed by atoms with Crippen LogP contribution in [0.4, 0.5) is 5.69 Å². The van der Waals surface area contributed by atoms with Crippen molar-refractivity contribution in [3.05, 3.63) is 18.2 Å². The lowest BCUT2D eigenvalue weighted by molar-refractivity contribution is 0.297. The van der Waals surface area contributed by atoms with Crippen molar-refractivity contribution in [2.24, 2.45) is 0 Å². The Balaban J connectivity index is 1.50. The average Bonchev–Trinajstić information content (AvgIpc) is 2.98. The van der Waals surface area contributed by atoms with Crippen molar-refractivity contribution >= 4 is 5.69 Å². The van der Waals surface area contributed by atoms with E-state index in [1.165, 1.54) is 32.4 Å². The first-order valence-electron chi connectivity index (χ1n) is 7.80. The summed E-state index contributed by atoms with van der Waals surface area (Å²) in [5, 5.41) is 3.71. The highest BCUT2D eigenvalue weighted by Crippen LogP contribution is 2.35. The molecule has 2 unspecified atom stereocenters. The van der Waals surface area contributed by atoms with Gasteiger partial charge in [-0.05, 0) is 37.9 Å². The van der Waals surface area contributed by atoms with Crippen LogP contribution in [-0.4, -0.2) is 43.3 Å². The fourth-order valence-electron chi connectivity index (χ4n) is 3.72. The third-order valence-corrected chi connectivity index (χ3v) is 4.71. The van der Waals surface area contributed by atoms with Gasteiger partial charge in [0, 0.05) is 36.8 Å². The van der Waals surface area contributed by atoms with E-state index in [0.717, 1.165) is 42.9 Å². The Hall–Kier alpha value is -1.42. The molecule has 0 radical (unpaired) electrons. The summed E-state index contributed by atoms with van der Waals surface area (Å²) in [4.78, 5) is 2.63. The molecule has 0 saturated carbocycles. The number of nitrogens with zero attached hydrogens (tertiary/aromatic N) is 1. The molecule has 0 bridgehead atoms. The molecule has 3 aliphatic heterocycles. The molecule has 4 nitrogen and oxygen atoms in total. The number of rotatable bonds is 2. The zero-order chi connectivity index (χ0) is 13.4. The van der Waals surface area contributed by atoms with E-state index in [0.29, 0.717) is 6.04 Å². The fraction of sp³-hybridized carbons (Fsp3) is 0.625. The van der Waals surface area contributed by atoms with Crippen molar-refractivity contribution in [2.45, 2.75) is 37.8 Å². The Morgan fingerprint density at radius 3 is 2.85 bits per heavy atom. The molecule has 3 aliphatic rings. The van der Waals surface area contributed by atoms with E-state index in [1.807, 2.05) is 6.07 Å². The second-order valence-electron chi connectivity index (χ2n) is 6.00. The zero-order valence-corrected chi connectivity index (χ0v) is 11.8. The number of hydrogen-bond donors (Lipinski definition) is 1. The molecule has 3 heterocycles. The third kappa shape index (κ3) is 2.22. The van der Waals surface area contributed by atoms with Crippen molar-refractivity contribution in [3.63, 3.8) is 0 Å². The molecular weight excluding hydrogens is 252 g/mol. The van der Waals surface area contributed by atoms with E-state index in [4.69, 9.17) is 9.47 Å². The van der Waals surface area contributed by atoms with Gasteiger partial charge in [-0.15, -0.1) is 0 Å². The van der Waals surface area contributed by atoms with Crippen molar-refractivity contribution in [2.75, 3.05) is 31.6 Å². The first kappa shape index (κ1) is 12.3. The summed E-state index contributed by atoms with van der Waals surface area (Å²) in [5.74, 6) is 1.76. The van der Waals surface area contributed by atoms with E-state index in [9.17, 15) is 0 Å². The Morgan fingerprint density at radius 1 is 1.00 bits per heavy atom. The van der Waals surface area contributed by atoms with Crippen LogP contribution in [0.25, 0.3) is 0 Å². The van der Waals surface area contributed by atoms with Crippen LogP contribution in [0.15, 0.2) is 18.2 Å². The minimum atomic E-state index is 0.585. The summed E-state index contributed by atoms with van der Waals surface area (Å²) in [5.41, 5.74) is 1.16. The summed E-state index contributed by atoms with van der Waals surface area (Å²) >= 11 is 0. The van der Waals surface area contributed by atoms with Crippen molar-refractivity contribution in [1.82, 2.24) is 4.90 Å². The molecule has 1 aromatic rings. The van der Waals surface area contributed by atoms with Crippen LogP contribution in [-0.2, 0) is 0 Å². The summed E-state index contributed by atoms with van der Waals surface area (Å²) in [7, 11) is 0. The molecule has 0 aromatic heterocycles. The lowest BCUT2D eigenvalue weighted by Gasteiger charge is -2.22. The lowest BCUT2D eigenvalue weighted by Crippen LogP contribution is -2.33. The number of nitrogens with one attached hydrogen (secondary N) is 1. The SMILES string of the molecule is c1cc2c(cc1NC1CCN3CCCC13)OCCCO2. The normalized spacial score (nSPS) is 29.0. The first-order valence-corrected chi connectivity index (χ1v) is 7.80. The van der Waals surface area contributed by atoms with Crippen LogP contribution in [0, 0.1) is 0 Å². The number of fused-ring (bicyclic) bond motifs is 2. The molecule has 0 aliphatic carbocycles. The smallest absolute Gasteiger partial charge is 0.163 e. The molecule has 2 saturated heterocycles. The lowest BCUT2D eigenvalue weighted by atomic mass is 10.1. The highest BCUT2D eigenvalue weighted by atomic mass is 16.5. The van der Waals surface area contributed by atoms with Crippen LogP contribution in [0.5, 0.6) is 11.5 Å². The number of anilines is 1. The van der Waals surface area contributed by atoms with Gasteiger partial charge in [-0.25, -0.2) is 0 Å². The quantitative estimate of drug-likeness (QED) is 0.898. The second-order valence-corrected chi connectivity index (χ2v) is 6.00. The minimum Gasteiger partial charge on any atom is -0.490 e. The Bertz CT molecular complexity index is 491. The van der Waals surface area contributed by atoms with E-state index >= 15 is 0 Å². The Kier molecular flexibility index (Phi) is 3.19. The Labute approximate surface area is 120 Å². The van der Waals surface area contributed by atoms with Gasteiger partial charge in [0.05, 0.1) is 13.2 Å². The van der Waals surface area contributed by atoms with Crippen LogP contribution in [0.3, 0.4) is 0 Å². The van der Waals surface area contributed by atoms with Gasteiger partial charge in [0.25, 0.3) is 0 Å². The van der Waals surface area contributed by atoms with Crippen LogP contribution >= 0.6 is 0 Å². The van der Waals surface area contributed by atoms with Crippen molar-refractivity contribution < 1.29 is 9.47 Å². The summed E-state index contributed by atoms with van der Waals surface area (Å²) in [6.07, 6.45) is 4.89. The number of ether oxygens (including phenoxy) is 2. The summed E-state index contributed by atoms with van der Waals surface area (Å²) in [6.45, 7) is 4.02. The molecule has 0 spiro atoms. The van der Waals surface area contributed by atoms with Crippen LogP contribution < -0.4 is 14.8 Å². The molecule has 2 atom stereocenters. The van der Waals surface area contributed by atoms with E-state index in [-0.39, 0.29) is 0 Å². The fourth-order valence-corrected chi connectivity index (χ4v) is 3.72. The maximum absolute atomic E-state index is 5.76. The molecule has 108 valence electrons. The highest BCUT2D eigenvalue weighted by molar-refractivity contribution is 5.55. The number of benzene rings is 1. The van der Waals surface area contributed by atoms with Gasteiger partial charge in [-0.2, -0.15) is 0 Å². The van der Waals surface area contributed by atoms with E-state index in [2.05, 4.69) is 22.3 Å². The number of hydrogen-bond acceptors (Lipinski definition) is 4. The monoisotopic (exact) mass is 274 g/mol. The van der Waals surface area contributed by atoms with E-state index in [1.54, 1.807) is 0 Å². The molecular formula is C16H22N2O2. The van der Waals surface area contributed by atoms with Crippen molar-refractivity contribution in [3.8, 4) is 11.5 Å². The molecule has 20 heavy (non-hydrogen) atoms. The van der Waals surface area contributed by atoms with Gasteiger partial charge >= 0.3 is 0 Å². The van der Waals surface area contributed by atoms with Gasteiger partial charge in [-0.3, -0.25) is 4.90 Å². The van der Waals surface area contributed by atoms with Gasteiger partial charge < -0.3 is 14.8 Å². The van der Waals surface area contributed by atoms with Crippen molar-refractivity contribution in [1.29, 1.82) is 0 Å². The summed E-state index contributed by atoms with van der Waals surface area (Å²) in [6, 6.07) is 7.56. The maximum atomic E-state index is 5.76. The molecule has 2 fully saturated rings. The average molecular weight is 274 g/mol. The first-order chi connectivity index (χ1) is 9.90. The largest absolute Gasteiger partial charge is 0.490 e. The Morgan fingerprint density at radius 2 is 1.90 bits per heavy atom. The third-order valence-electron chi connectivity index (χ3n) is 4.71. The predicted molar refractivity (Wildman–Crippen MR) is 78.7 cm³/mol. The van der Waals surface area contributed by atoms with Gasteiger partial charge in [-0.1, -0.05) is 0 Å². The standard InChI is InChI=1S/C16H22N2O2/c1-3-14-13(6-8-18(14)7-1)17-12-4-5-15-16(11-12)20-10-2-9-19-15/h4-5,11,13-14,17H,1-3,6-10H2. The summed E-state index contributed by atoms with van der Waals surface area (Å²) < 4.78 is 11.4. The molecule has 1 aromatic carbocycles. The van der Waals surface area contributed by atoms with Gasteiger partial charge in [0.1, 0.15) is 0 Å². The molecule has 4 heteroatoms. The molecule has 0 amide bonds. The topological polar surface area (TPSA) is 33.7 Å². The molecule has 1 N–H and O–H groups in total. The van der Waals surface area contributed by atoms with Gasteiger partial charge in [0.15, 0.2) is 11.5 Å². The molecule has 4 rings (SSSR count). The van der Waals surface area contributed by atoms with Crippen LogP contribution in [0.2, 0.25) is 0 Å². The zero-order valence-electron chi connectivity index (χ0n) is 11.8. The second kappa shape index (κ2) is 5.17. The minimum absolute atomic E-state index is 0.585. The predicted octanol–water partition coefficient (Wildman–Crippen LogP) is 2.50. The van der Waals surface area contributed by atoms with E-state index < -0.39 is 0 Å².